The number of phenolic OH excluding ortho intramolecular Hbond substituents is 1. The van der Waals surface area contributed by atoms with E-state index in [0.717, 1.165) is 18.0 Å². The Bertz CT molecular complexity index is 389. The van der Waals surface area contributed by atoms with Gasteiger partial charge in [0.05, 0.1) is 0 Å². The monoisotopic (exact) mass is 247 g/mol. The van der Waals surface area contributed by atoms with Crippen molar-refractivity contribution in [1.82, 2.24) is 5.32 Å². The van der Waals surface area contributed by atoms with Gasteiger partial charge in [0, 0.05) is 18.2 Å². The second-order valence-corrected chi connectivity index (χ2v) is 5.82. The second kappa shape index (κ2) is 6.24. The van der Waals surface area contributed by atoms with Crippen LogP contribution in [0.2, 0.25) is 0 Å². The predicted molar refractivity (Wildman–Crippen MR) is 75.7 cm³/mol. The van der Waals surface area contributed by atoms with Crippen molar-refractivity contribution in [3.8, 4) is 5.75 Å². The van der Waals surface area contributed by atoms with Crippen molar-refractivity contribution in [2.24, 2.45) is 5.92 Å². The Labute approximate surface area is 110 Å². The molecule has 18 heavy (non-hydrogen) atoms. The highest BCUT2D eigenvalue weighted by atomic mass is 16.3. The SMILES string of the molecule is Cc1ccc(O)c(CNC2CCCC(C)CC2)c1. The topological polar surface area (TPSA) is 32.3 Å². The molecule has 1 aromatic rings. The van der Waals surface area contributed by atoms with Crippen molar-refractivity contribution in [2.45, 2.75) is 58.5 Å². The van der Waals surface area contributed by atoms with Gasteiger partial charge in [0.2, 0.25) is 0 Å². The summed E-state index contributed by atoms with van der Waals surface area (Å²) in [5.74, 6) is 1.29. The van der Waals surface area contributed by atoms with E-state index in [1.54, 1.807) is 6.07 Å². The van der Waals surface area contributed by atoms with Gasteiger partial charge in [-0.25, -0.2) is 0 Å². The number of hydrogen-bond donors (Lipinski definition) is 2. The van der Waals surface area contributed by atoms with Crippen LogP contribution in [0.3, 0.4) is 0 Å². The maximum absolute atomic E-state index is 9.82. The molecule has 2 heteroatoms. The Morgan fingerprint density at radius 2 is 2.06 bits per heavy atom. The first-order valence-corrected chi connectivity index (χ1v) is 7.17. The summed E-state index contributed by atoms with van der Waals surface area (Å²) in [6, 6.07) is 6.44. The van der Waals surface area contributed by atoms with Crippen molar-refractivity contribution >= 4 is 0 Å². The van der Waals surface area contributed by atoms with Crippen LogP contribution in [0.15, 0.2) is 18.2 Å². The van der Waals surface area contributed by atoms with E-state index in [0.29, 0.717) is 11.8 Å². The molecule has 2 rings (SSSR count). The number of benzene rings is 1. The molecule has 0 aromatic heterocycles. The van der Waals surface area contributed by atoms with E-state index in [1.807, 2.05) is 6.07 Å². The van der Waals surface area contributed by atoms with Gasteiger partial charge in [-0.15, -0.1) is 0 Å². The van der Waals surface area contributed by atoms with Crippen LogP contribution in [0.25, 0.3) is 0 Å². The lowest BCUT2D eigenvalue weighted by molar-refractivity contribution is 0.431. The smallest absolute Gasteiger partial charge is 0.120 e. The highest BCUT2D eigenvalue weighted by Crippen LogP contribution is 2.24. The van der Waals surface area contributed by atoms with Gasteiger partial charge >= 0.3 is 0 Å². The molecule has 1 saturated carbocycles. The lowest BCUT2D eigenvalue weighted by Gasteiger charge is -2.17. The first-order valence-electron chi connectivity index (χ1n) is 7.17. The van der Waals surface area contributed by atoms with Crippen LogP contribution in [0.1, 0.15) is 50.2 Å². The Hall–Kier alpha value is -1.02. The molecule has 2 unspecified atom stereocenters. The first-order chi connectivity index (χ1) is 8.65. The van der Waals surface area contributed by atoms with Crippen molar-refractivity contribution in [1.29, 1.82) is 0 Å². The molecule has 1 aliphatic rings. The largest absolute Gasteiger partial charge is 0.508 e. The zero-order chi connectivity index (χ0) is 13.0. The molecular weight excluding hydrogens is 222 g/mol. The summed E-state index contributed by atoms with van der Waals surface area (Å²) in [6.07, 6.45) is 6.58. The van der Waals surface area contributed by atoms with Crippen LogP contribution in [0.5, 0.6) is 5.75 Å². The Morgan fingerprint density at radius 1 is 1.22 bits per heavy atom. The minimum atomic E-state index is 0.412. The Kier molecular flexibility index (Phi) is 4.65. The number of phenols is 1. The highest BCUT2D eigenvalue weighted by Gasteiger charge is 2.15. The first kappa shape index (κ1) is 13.4. The average molecular weight is 247 g/mol. The fourth-order valence-corrected chi connectivity index (χ4v) is 2.80. The standard InChI is InChI=1S/C16H25NO/c1-12-4-3-5-15(8-6-12)17-11-14-10-13(2)7-9-16(14)18/h7,9-10,12,15,17-18H,3-6,8,11H2,1-2H3. The number of nitrogens with one attached hydrogen (secondary N) is 1. The molecule has 0 bridgehead atoms. The van der Waals surface area contributed by atoms with Gasteiger partial charge in [0.25, 0.3) is 0 Å². The van der Waals surface area contributed by atoms with Crippen molar-refractivity contribution in [2.75, 3.05) is 0 Å². The lowest BCUT2D eigenvalue weighted by Crippen LogP contribution is -2.28. The highest BCUT2D eigenvalue weighted by molar-refractivity contribution is 5.35. The van der Waals surface area contributed by atoms with Gasteiger partial charge in [-0.3, -0.25) is 0 Å². The minimum absolute atomic E-state index is 0.412. The van der Waals surface area contributed by atoms with E-state index in [-0.39, 0.29) is 0 Å². The molecule has 0 radical (unpaired) electrons. The van der Waals surface area contributed by atoms with E-state index < -0.39 is 0 Å². The molecule has 2 nitrogen and oxygen atoms in total. The zero-order valence-electron chi connectivity index (χ0n) is 11.6. The Morgan fingerprint density at radius 3 is 2.89 bits per heavy atom. The molecule has 1 fully saturated rings. The van der Waals surface area contributed by atoms with E-state index in [9.17, 15) is 5.11 Å². The summed E-state index contributed by atoms with van der Waals surface area (Å²) in [7, 11) is 0. The van der Waals surface area contributed by atoms with E-state index in [2.05, 4.69) is 25.2 Å². The normalized spacial score (nSPS) is 24.8. The predicted octanol–water partition coefficient (Wildman–Crippen LogP) is 3.76. The third-order valence-corrected chi connectivity index (χ3v) is 4.07. The molecule has 0 spiro atoms. The van der Waals surface area contributed by atoms with Crippen LogP contribution >= 0.6 is 0 Å². The Balaban J connectivity index is 1.88. The van der Waals surface area contributed by atoms with E-state index >= 15 is 0 Å². The van der Waals surface area contributed by atoms with Crippen LogP contribution < -0.4 is 5.32 Å². The quantitative estimate of drug-likeness (QED) is 0.797. The molecule has 2 N–H and O–H groups in total. The second-order valence-electron chi connectivity index (χ2n) is 5.82. The molecule has 1 aliphatic carbocycles. The maximum Gasteiger partial charge on any atom is 0.120 e. The van der Waals surface area contributed by atoms with Crippen LogP contribution in [-0.4, -0.2) is 11.1 Å². The number of aryl methyl sites for hydroxylation is 1. The van der Waals surface area contributed by atoms with Crippen molar-refractivity contribution in [3.63, 3.8) is 0 Å². The lowest BCUT2D eigenvalue weighted by atomic mass is 10.0. The fourth-order valence-electron chi connectivity index (χ4n) is 2.80. The maximum atomic E-state index is 9.82. The number of rotatable bonds is 3. The van der Waals surface area contributed by atoms with Gasteiger partial charge < -0.3 is 10.4 Å². The van der Waals surface area contributed by atoms with Crippen molar-refractivity contribution < 1.29 is 5.11 Å². The molecule has 2 atom stereocenters. The zero-order valence-corrected chi connectivity index (χ0v) is 11.6. The summed E-state index contributed by atoms with van der Waals surface area (Å²) in [5, 5.41) is 13.4. The molecule has 0 aliphatic heterocycles. The minimum Gasteiger partial charge on any atom is -0.508 e. The van der Waals surface area contributed by atoms with Crippen LogP contribution in [0.4, 0.5) is 0 Å². The molecular formula is C16H25NO. The molecule has 0 heterocycles. The van der Waals surface area contributed by atoms with Gasteiger partial charge in [-0.2, -0.15) is 0 Å². The molecule has 1 aromatic carbocycles. The van der Waals surface area contributed by atoms with Gasteiger partial charge in [0.1, 0.15) is 5.75 Å². The molecule has 0 saturated heterocycles. The van der Waals surface area contributed by atoms with Gasteiger partial charge in [-0.05, 0) is 38.2 Å². The summed E-state index contributed by atoms with van der Waals surface area (Å²) in [5.41, 5.74) is 2.23. The van der Waals surface area contributed by atoms with Crippen LogP contribution in [0, 0.1) is 12.8 Å². The van der Waals surface area contributed by atoms with Gasteiger partial charge in [0.15, 0.2) is 0 Å². The number of hydrogen-bond acceptors (Lipinski definition) is 2. The number of aromatic hydroxyl groups is 1. The van der Waals surface area contributed by atoms with E-state index in [1.165, 1.54) is 37.7 Å². The summed E-state index contributed by atoms with van der Waals surface area (Å²) >= 11 is 0. The third kappa shape index (κ3) is 3.74. The molecule has 100 valence electrons. The summed E-state index contributed by atoms with van der Waals surface area (Å²) in [4.78, 5) is 0. The van der Waals surface area contributed by atoms with Crippen LogP contribution in [-0.2, 0) is 6.54 Å². The summed E-state index contributed by atoms with van der Waals surface area (Å²) < 4.78 is 0. The van der Waals surface area contributed by atoms with Gasteiger partial charge in [-0.1, -0.05) is 37.5 Å². The van der Waals surface area contributed by atoms with Crippen molar-refractivity contribution in [3.05, 3.63) is 29.3 Å². The van der Waals surface area contributed by atoms with E-state index in [4.69, 9.17) is 0 Å². The fraction of sp³-hybridized carbons (Fsp3) is 0.625. The third-order valence-electron chi connectivity index (χ3n) is 4.07. The average Bonchev–Trinajstić information content (AvgIpc) is 2.55. The summed E-state index contributed by atoms with van der Waals surface area (Å²) in [6.45, 7) is 5.21. The molecule has 0 amide bonds.